The van der Waals surface area contributed by atoms with Crippen LogP contribution in [0.15, 0.2) is 53.3 Å². The summed E-state index contributed by atoms with van der Waals surface area (Å²) >= 11 is 0. The lowest BCUT2D eigenvalue weighted by atomic mass is 10.2. The highest BCUT2D eigenvalue weighted by Crippen LogP contribution is 2.30. The van der Waals surface area contributed by atoms with Crippen molar-refractivity contribution in [3.05, 3.63) is 70.3 Å². The van der Waals surface area contributed by atoms with E-state index in [0.717, 1.165) is 24.2 Å². The Bertz CT molecular complexity index is 955. The minimum atomic E-state index is -0.481. The van der Waals surface area contributed by atoms with Gasteiger partial charge in [-0.1, -0.05) is 12.1 Å². The molecule has 2 heterocycles. The number of nitro groups is 1. The SMILES string of the molecule is O=[N+]([O-])c1cnc(N(Cc2ccc(O)cc2)Cc2ccco2)nc1NC1CC1. The number of furan rings is 1. The molecule has 3 aromatic rings. The van der Waals surface area contributed by atoms with Gasteiger partial charge in [0.2, 0.25) is 11.8 Å². The number of phenols is 1. The number of anilines is 2. The second-order valence-electron chi connectivity index (χ2n) is 6.68. The van der Waals surface area contributed by atoms with Crippen molar-refractivity contribution in [2.75, 3.05) is 10.2 Å². The van der Waals surface area contributed by atoms with Crippen molar-refractivity contribution in [1.29, 1.82) is 0 Å². The van der Waals surface area contributed by atoms with Gasteiger partial charge >= 0.3 is 5.69 Å². The molecule has 0 spiro atoms. The van der Waals surface area contributed by atoms with Crippen LogP contribution in [-0.2, 0) is 13.1 Å². The highest BCUT2D eigenvalue weighted by Gasteiger charge is 2.27. The Kier molecular flexibility index (Phi) is 4.79. The number of nitrogens with one attached hydrogen (secondary N) is 1. The fourth-order valence-electron chi connectivity index (χ4n) is 2.79. The molecule has 9 nitrogen and oxygen atoms in total. The average molecular weight is 381 g/mol. The van der Waals surface area contributed by atoms with E-state index in [1.807, 2.05) is 11.0 Å². The van der Waals surface area contributed by atoms with Crippen LogP contribution in [0.3, 0.4) is 0 Å². The van der Waals surface area contributed by atoms with Gasteiger partial charge in [-0.2, -0.15) is 4.98 Å². The second-order valence-corrected chi connectivity index (χ2v) is 6.68. The Hall–Kier alpha value is -3.62. The molecule has 1 aliphatic rings. The van der Waals surface area contributed by atoms with Gasteiger partial charge in [0.15, 0.2) is 0 Å². The van der Waals surface area contributed by atoms with Crippen LogP contribution in [0, 0.1) is 10.1 Å². The van der Waals surface area contributed by atoms with Gasteiger partial charge < -0.3 is 19.7 Å². The molecular formula is C19H19N5O4. The van der Waals surface area contributed by atoms with Crippen LogP contribution in [0.25, 0.3) is 0 Å². The Labute approximate surface area is 160 Å². The monoisotopic (exact) mass is 381 g/mol. The van der Waals surface area contributed by atoms with E-state index >= 15 is 0 Å². The quantitative estimate of drug-likeness (QED) is 0.450. The normalized spacial score (nSPS) is 13.3. The van der Waals surface area contributed by atoms with E-state index in [4.69, 9.17) is 4.42 Å². The number of hydrogen-bond acceptors (Lipinski definition) is 8. The highest BCUT2D eigenvalue weighted by atomic mass is 16.6. The Morgan fingerprint density at radius 2 is 2.04 bits per heavy atom. The number of aromatic hydroxyl groups is 1. The molecule has 0 atom stereocenters. The number of nitrogens with zero attached hydrogens (tertiary/aromatic N) is 4. The number of aromatic nitrogens is 2. The summed E-state index contributed by atoms with van der Waals surface area (Å²) in [7, 11) is 0. The molecule has 2 N–H and O–H groups in total. The van der Waals surface area contributed by atoms with Crippen molar-refractivity contribution in [2.45, 2.75) is 32.0 Å². The Balaban J connectivity index is 1.66. The van der Waals surface area contributed by atoms with Crippen LogP contribution < -0.4 is 10.2 Å². The molecule has 2 aromatic heterocycles. The number of hydrogen-bond donors (Lipinski definition) is 2. The highest BCUT2D eigenvalue weighted by molar-refractivity contribution is 5.58. The molecule has 9 heteroatoms. The minimum Gasteiger partial charge on any atom is -0.508 e. The van der Waals surface area contributed by atoms with E-state index in [0.29, 0.717) is 19.0 Å². The summed E-state index contributed by atoms with van der Waals surface area (Å²) in [5.74, 6) is 1.49. The molecule has 1 aromatic carbocycles. The van der Waals surface area contributed by atoms with Gasteiger partial charge in [0, 0.05) is 12.6 Å². The molecule has 0 unspecified atom stereocenters. The van der Waals surface area contributed by atoms with Gasteiger partial charge in [-0.25, -0.2) is 4.98 Å². The summed E-state index contributed by atoms with van der Waals surface area (Å²) in [6.07, 6.45) is 4.77. The lowest BCUT2D eigenvalue weighted by Crippen LogP contribution is -2.24. The van der Waals surface area contributed by atoms with Crippen molar-refractivity contribution < 1.29 is 14.4 Å². The lowest BCUT2D eigenvalue weighted by Gasteiger charge is -2.22. The molecule has 0 radical (unpaired) electrons. The zero-order valence-electron chi connectivity index (χ0n) is 15.0. The Morgan fingerprint density at radius 3 is 2.68 bits per heavy atom. The van der Waals surface area contributed by atoms with Crippen molar-refractivity contribution in [3.63, 3.8) is 0 Å². The van der Waals surface area contributed by atoms with Crippen molar-refractivity contribution in [3.8, 4) is 5.75 Å². The van der Waals surface area contributed by atoms with Crippen LogP contribution in [-0.4, -0.2) is 26.0 Å². The summed E-state index contributed by atoms with van der Waals surface area (Å²) in [5.41, 5.74) is 0.793. The molecule has 4 rings (SSSR count). The van der Waals surface area contributed by atoms with Gasteiger partial charge in [0.05, 0.1) is 17.7 Å². The number of phenolic OH excluding ortho intramolecular Hbond substituents is 1. The van der Waals surface area contributed by atoms with E-state index in [2.05, 4.69) is 15.3 Å². The van der Waals surface area contributed by atoms with Gasteiger partial charge in [-0.3, -0.25) is 10.1 Å². The van der Waals surface area contributed by atoms with Crippen LogP contribution in [0.5, 0.6) is 5.75 Å². The topological polar surface area (TPSA) is 118 Å². The molecule has 0 bridgehead atoms. The fourth-order valence-corrected chi connectivity index (χ4v) is 2.79. The predicted molar refractivity (Wildman–Crippen MR) is 102 cm³/mol. The van der Waals surface area contributed by atoms with Crippen molar-refractivity contribution in [1.82, 2.24) is 9.97 Å². The third-order valence-electron chi connectivity index (χ3n) is 4.39. The molecule has 144 valence electrons. The summed E-state index contributed by atoms with van der Waals surface area (Å²) in [6, 6.07) is 10.7. The van der Waals surface area contributed by atoms with Crippen LogP contribution >= 0.6 is 0 Å². The van der Waals surface area contributed by atoms with E-state index < -0.39 is 4.92 Å². The maximum atomic E-state index is 11.3. The standard InChI is InChI=1S/C19H19N5O4/c25-15-7-3-13(4-8-15)11-23(12-16-2-1-9-28-16)19-20-10-17(24(26)27)18(22-19)21-14-5-6-14/h1-4,7-10,14,25H,5-6,11-12H2,(H,20,21,22). The van der Waals surface area contributed by atoms with Crippen molar-refractivity contribution in [2.24, 2.45) is 0 Å². The largest absolute Gasteiger partial charge is 0.508 e. The predicted octanol–water partition coefficient (Wildman–Crippen LogP) is 3.46. The molecule has 1 fully saturated rings. The third kappa shape index (κ3) is 4.20. The molecule has 0 aliphatic heterocycles. The van der Waals surface area contributed by atoms with E-state index in [1.54, 1.807) is 36.6 Å². The summed E-state index contributed by atoms with van der Waals surface area (Å²) in [6.45, 7) is 0.843. The maximum absolute atomic E-state index is 11.3. The molecule has 0 amide bonds. The van der Waals surface area contributed by atoms with E-state index in [1.165, 1.54) is 6.20 Å². The zero-order chi connectivity index (χ0) is 19.5. The maximum Gasteiger partial charge on any atom is 0.329 e. The minimum absolute atomic E-state index is 0.141. The van der Waals surface area contributed by atoms with E-state index in [9.17, 15) is 15.2 Å². The first-order chi connectivity index (χ1) is 13.6. The first kappa shape index (κ1) is 17.8. The summed E-state index contributed by atoms with van der Waals surface area (Å²) in [5, 5.41) is 23.9. The first-order valence-corrected chi connectivity index (χ1v) is 8.91. The first-order valence-electron chi connectivity index (χ1n) is 8.91. The van der Waals surface area contributed by atoms with Crippen LogP contribution in [0.4, 0.5) is 17.5 Å². The number of benzene rings is 1. The summed E-state index contributed by atoms with van der Waals surface area (Å²) in [4.78, 5) is 21.4. The third-order valence-corrected chi connectivity index (χ3v) is 4.39. The molecule has 1 aliphatic carbocycles. The fraction of sp³-hybridized carbons (Fsp3) is 0.263. The second kappa shape index (κ2) is 7.55. The molecule has 28 heavy (non-hydrogen) atoms. The molecular weight excluding hydrogens is 362 g/mol. The number of rotatable bonds is 8. The van der Waals surface area contributed by atoms with Crippen molar-refractivity contribution >= 4 is 17.5 Å². The zero-order valence-corrected chi connectivity index (χ0v) is 15.0. The average Bonchev–Trinajstić information content (AvgIpc) is 3.34. The van der Waals surface area contributed by atoms with Crippen LogP contribution in [0.2, 0.25) is 0 Å². The summed E-state index contributed by atoms with van der Waals surface area (Å²) < 4.78 is 5.45. The van der Waals surface area contributed by atoms with Gasteiger partial charge in [0.1, 0.15) is 17.7 Å². The van der Waals surface area contributed by atoms with Gasteiger partial charge in [-0.05, 0) is 42.7 Å². The molecule has 0 saturated heterocycles. The van der Waals surface area contributed by atoms with Crippen LogP contribution in [0.1, 0.15) is 24.2 Å². The van der Waals surface area contributed by atoms with Gasteiger partial charge in [0.25, 0.3) is 0 Å². The Morgan fingerprint density at radius 1 is 1.25 bits per heavy atom. The van der Waals surface area contributed by atoms with Gasteiger partial charge in [-0.15, -0.1) is 0 Å². The smallest absolute Gasteiger partial charge is 0.329 e. The lowest BCUT2D eigenvalue weighted by molar-refractivity contribution is -0.384. The molecule has 1 saturated carbocycles. The van der Waals surface area contributed by atoms with E-state index in [-0.39, 0.29) is 23.3 Å².